The highest BCUT2D eigenvalue weighted by Gasteiger charge is 2.20. The van der Waals surface area contributed by atoms with E-state index in [1.54, 1.807) is 6.07 Å². The van der Waals surface area contributed by atoms with Crippen LogP contribution in [0.15, 0.2) is 43.7 Å². The van der Waals surface area contributed by atoms with Gasteiger partial charge in [0.1, 0.15) is 5.82 Å². The highest BCUT2D eigenvalue weighted by Crippen LogP contribution is 2.36. The molecule has 0 aliphatic heterocycles. The smallest absolute Gasteiger partial charge is 0.137 e. The van der Waals surface area contributed by atoms with Crippen molar-refractivity contribution in [2.75, 3.05) is 7.05 Å². The Balaban J connectivity index is 2.58. The largest absolute Gasteiger partial charge is 0.309 e. The summed E-state index contributed by atoms with van der Waals surface area (Å²) in [4.78, 5) is 0. The van der Waals surface area contributed by atoms with Crippen molar-refractivity contribution in [2.24, 2.45) is 0 Å². The molecule has 0 aromatic heterocycles. The molecule has 0 aliphatic carbocycles. The molecule has 1 nitrogen and oxygen atoms in total. The van der Waals surface area contributed by atoms with Gasteiger partial charge in [0, 0.05) is 8.95 Å². The molecule has 0 heterocycles. The summed E-state index contributed by atoms with van der Waals surface area (Å²) in [6, 6.07) is 9.08. The molecule has 2 aromatic rings. The Labute approximate surface area is 143 Å². The van der Waals surface area contributed by atoms with Gasteiger partial charge in [0.25, 0.3) is 0 Å². The number of hydrogen-bond acceptors (Lipinski definition) is 1. The molecule has 2 aromatic carbocycles. The third-order valence-corrected chi connectivity index (χ3v) is 5.55. The average molecular weight is 466 g/mol. The number of aryl methyl sites for hydroxylation is 1. The van der Waals surface area contributed by atoms with Crippen LogP contribution in [0.4, 0.5) is 4.39 Å². The van der Waals surface area contributed by atoms with Crippen molar-refractivity contribution in [2.45, 2.75) is 13.0 Å². The van der Waals surface area contributed by atoms with Crippen LogP contribution >= 0.6 is 47.8 Å². The fourth-order valence-corrected chi connectivity index (χ4v) is 3.65. The first-order valence-corrected chi connectivity index (χ1v) is 8.40. The van der Waals surface area contributed by atoms with Crippen molar-refractivity contribution in [3.63, 3.8) is 0 Å². The number of rotatable bonds is 3. The minimum atomic E-state index is -0.259. The van der Waals surface area contributed by atoms with Crippen molar-refractivity contribution in [1.29, 1.82) is 0 Å². The van der Waals surface area contributed by atoms with Gasteiger partial charge in [0.15, 0.2) is 0 Å². The molecule has 20 heavy (non-hydrogen) atoms. The summed E-state index contributed by atoms with van der Waals surface area (Å²) in [5.74, 6) is -0.259. The normalized spacial score (nSPS) is 12.5. The molecule has 5 heteroatoms. The Bertz CT molecular complexity index is 643. The minimum Gasteiger partial charge on any atom is -0.309 e. The number of benzene rings is 2. The molecule has 2 rings (SSSR count). The van der Waals surface area contributed by atoms with Gasteiger partial charge in [-0.15, -0.1) is 0 Å². The summed E-state index contributed by atoms with van der Waals surface area (Å²) in [7, 11) is 1.86. The maximum Gasteiger partial charge on any atom is 0.137 e. The van der Waals surface area contributed by atoms with E-state index in [1.807, 2.05) is 20.0 Å². The molecule has 0 bridgehead atoms. The SMILES string of the molecule is CNC(c1cc(Br)c(C)cc1Br)c1cccc(F)c1Br. The molecule has 0 spiro atoms. The van der Waals surface area contributed by atoms with Gasteiger partial charge >= 0.3 is 0 Å². The predicted molar refractivity (Wildman–Crippen MR) is 91.6 cm³/mol. The molecule has 1 unspecified atom stereocenters. The average Bonchev–Trinajstić information content (AvgIpc) is 2.41. The number of hydrogen-bond donors (Lipinski definition) is 1. The topological polar surface area (TPSA) is 12.0 Å². The second-order valence-electron chi connectivity index (χ2n) is 4.49. The molecular formula is C15H13Br3FN. The van der Waals surface area contributed by atoms with E-state index in [1.165, 1.54) is 6.07 Å². The van der Waals surface area contributed by atoms with Crippen LogP contribution in [-0.4, -0.2) is 7.05 Å². The van der Waals surface area contributed by atoms with E-state index in [2.05, 4.69) is 65.2 Å². The van der Waals surface area contributed by atoms with E-state index in [9.17, 15) is 4.39 Å². The van der Waals surface area contributed by atoms with Crippen LogP contribution in [0.25, 0.3) is 0 Å². The maximum atomic E-state index is 13.7. The van der Waals surface area contributed by atoms with Crippen molar-refractivity contribution in [3.8, 4) is 0 Å². The molecule has 0 aliphatic rings. The Morgan fingerprint density at radius 3 is 2.40 bits per heavy atom. The molecule has 1 N–H and O–H groups in total. The van der Waals surface area contributed by atoms with Crippen LogP contribution in [0.3, 0.4) is 0 Å². The van der Waals surface area contributed by atoms with Crippen LogP contribution in [0.2, 0.25) is 0 Å². The van der Waals surface area contributed by atoms with Crippen molar-refractivity contribution < 1.29 is 4.39 Å². The van der Waals surface area contributed by atoms with Gasteiger partial charge in [-0.1, -0.05) is 44.0 Å². The lowest BCUT2D eigenvalue weighted by atomic mass is 9.98. The molecule has 0 radical (unpaired) electrons. The lowest BCUT2D eigenvalue weighted by Gasteiger charge is -2.21. The maximum absolute atomic E-state index is 13.7. The van der Waals surface area contributed by atoms with Crippen molar-refractivity contribution in [3.05, 3.63) is 66.3 Å². The zero-order chi connectivity index (χ0) is 14.9. The molecular weight excluding hydrogens is 453 g/mol. The van der Waals surface area contributed by atoms with E-state index >= 15 is 0 Å². The monoisotopic (exact) mass is 463 g/mol. The van der Waals surface area contributed by atoms with E-state index in [0.29, 0.717) is 4.47 Å². The summed E-state index contributed by atoms with van der Waals surface area (Å²) in [6.07, 6.45) is 0. The predicted octanol–water partition coefficient (Wildman–Crippen LogP) is 5.73. The highest BCUT2D eigenvalue weighted by atomic mass is 79.9. The molecule has 1 atom stereocenters. The summed E-state index contributed by atoms with van der Waals surface area (Å²) in [5, 5.41) is 3.24. The van der Waals surface area contributed by atoms with Gasteiger partial charge in [-0.2, -0.15) is 0 Å². The molecule has 0 saturated carbocycles. The summed E-state index contributed by atoms with van der Waals surface area (Å²) in [5.41, 5.74) is 3.06. The first kappa shape index (κ1) is 16.1. The molecule has 0 saturated heterocycles. The van der Waals surface area contributed by atoms with Crippen molar-refractivity contribution in [1.82, 2.24) is 5.32 Å². The second-order valence-corrected chi connectivity index (χ2v) is 6.99. The zero-order valence-corrected chi connectivity index (χ0v) is 15.7. The number of halogens is 4. The Morgan fingerprint density at radius 2 is 1.75 bits per heavy atom. The van der Waals surface area contributed by atoms with Crippen LogP contribution in [0.5, 0.6) is 0 Å². The van der Waals surface area contributed by atoms with Gasteiger partial charge in [0.2, 0.25) is 0 Å². The fraction of sp³-hybridized carbons (Fsp3) is 0.200. The van der Waals surface area contributed by atoms with Gasteiger partial charge in [0.05, 0.1) is 10.5 Å². The Morgan fingerprint density at radius 1 is 1.05 bits per heavy atom. The first-order valence-electron chi connectivity index (χ1n) is 6.02. The third-order valence-electron chi connectivity index (χ3n) is 3.17. The summed E-state index contributed by atoms with van der Waals surface area (Å²) < 4.78 is 16.3. The lowest BCUT2D eigenvalue weighted by molar-refractivity contribution is 0.608. The highest BCUT2D eigenvalue weighted by molar-refractivity contribution is 9.11. The van der Waals surface area contributed by atoms with E-state index in [4.69, 9.17) is 0 Å². The fourth-order valence-electron chi connectivity index (χ4n) is 2.10. The van der Waals surface area contributed by atoms with E-state index < -0.39 is 0 Å². The van der Waals surface area contributed by atoms with Gasteiger partial charge in [-0.25, -0.2) is 4.39 Å². The first-order chi connectivity index (χ1) is 9.45. The second kappa shape index (κ2) is 6.69. The van der Waals surface area contributed by atoms with Crippen molar-refractivity contribution >= 4 is 47.8 Å². The van der Waals surface area contributed by atoms with Gasteiger partial charge < -0.3 is 5.32 Å². The minimum absolute atomic E-state index is 0.105. The van der Waals surface area contributed by atoms with Gasteiger partial charge in [-0.05, 0) is 64.8 Å². The Hall–Kier alpha value is -0.230. The van der Waals surface area contributed by atoms with Crippen LogP contribution in [0.1, 0.15) is 22.7 Å². The molecule has 0 amide bonds. The van der Waals surface area contributed by atoms with Crippen LogP contribution in [-0.2, 0) is 0 Å². The zero-order valence-electron chi connectivity index (χ0n) is 11.0. The standard InChI is InChI=1S/C15H13Br3FN/c1-8-6-12(17)10(7-11(8)16)15(20-2)9-4-3-5-13(19)14(9)18/h3-7,15,20H,1-2H3. The van der Waals surface area contributed by atoms with Crippen LogP contribution < -0.4 is 5.32 Å². The Kier molecular flexibility index (Phi) is 5.40. The molecule has 0 fully saturated rings. The molecule has 106 valence electrons. The lowest BCUT2D eigenvalue weighted by Crippen LogP contribution is -2.19. The number of nitrogens with one attached hydrogen (secondary N) is 1. The summed E-state index contributed by atoms with van der Waals surface area (Å²) in [6.45, 7) is 2.03. The van der Waals surface area contributed by atoms with E-state index in [0.717, 1.165) is 25.6 Å². The van der Waals surface area contributed by atoms with E-state index in [-0.39, 0.29) is 11.9 Å². The van der Waals surface area contributed by atoms with Crippen LogP contribution in [0, 0.1) is 12.7 Å². The summed E-state index contributed by atoms with van der Waals surface area (Å²) >= 11 is 10.5. The third kappa shape index (κ3) is 3.16. The van der Waals surface area contributed by atoms with Gasteiger partial charge in [-0.3, -0.25) is 0 Å². The quantitative estimate of drug-likeness (QED) is 0.610.